The third-order valence-electron chi connectivity index (χ3n) is 4.49. The van der Waals surface area contributed by atoms with E-state index in [2.05, 4.69) is 10.1 Å². The molecule has 0 radical (unpaired) electrons. The lowest BCUT2D eigenvalue weighted by molar-refractivity contribution is -0.117. The second-order valence-electron chi connectivity index (χ2n) is 6.30. The third kappa shape index (κ3) is 3.08. The number of rotatable bonds is 3. The number of carbonyl (C=O) groups excluding carboxylic acids is 1. The highest BCUT2D eigenvalue weighted by atomic mass is 35.5. The van der Waals surface area contributed by atoms with Gasteiger partial charge >= 0.3 is 0 Å². The van der Waals surface area contributed by atoms with Gasteiger partial charge in [0.15, 0.2) is 0 Å². The van der Waals surface area contributed by atoms with Crippen LogP contribution in [0.15, 0.2) is 47.0 Å². The number of anilines is 1. The minimum absolute atomic E-state index is 0.0931. The van der Waals surface area contributed by atoms with Crippen LogP contribution in [-0.2, 0) is 4.79 Å². The summed E-state index contributed by atoms with van der Waals surface area (Å²) in [7, 11) is 0. The number of hydrogen-bond acceptors (Lipinski definition) is 4. The largest absolute Gasteiger partial charge is 0.339 e. The van der Waals surface area contributed by atoms with Gasteiger partial charge in [0.1, 0.15) is 5.82 Å². The molecule has 2 aromatic carbocycles. The lowest BCUT2D eigenvalue weighted by Gasteiger charge is -2.16. The number of amides is 1. The summed E-state index contributed by atoms with van der Waals surface area (Å²) in [4.78, 5) is 18.3. The Morgan fingerprint density at radius 3 is 2.73 bits per heavy atom. The lowest BCUT2D eigenvalue weighted by Crippen LogP contribution is -2.24. The van der Waals surface area contributed by atoms with Gasteiger partial charge in [-0.25, -0.2) is 4.39 Å². The molecule has 1 fully saturated rings. The second kappa shape index (κ2) is 6.53. The van der Waals surface area contributed by atoms with Gasteiger partial charge in [-0.3, -0.25) is 4.79 Å². The van der Waals surface area contributed by atoms with Crippen molar-refractivity contribution in [3.8, 4) is 11.4 Å². The Kier molecular flexibility index (Phi) is 4.20. The molecule has 0 bridgehead atoms. The molecular formula is C19H15ClFN3O2. The summed E-state index contributed by atoms with van der Waals surface area (Å²) >= 11 is 5.89. The maximum absolute atomic E-state index is 13.8. The van der Waals surface area contributed by atoms with Crippen molar-refractivity contribution < 1.29 is 13.7 Å². The molecule has 7 heteroatoms. The van der Waals surface area contributed by atoms with Crippen LogP contribution in [0.3, 0.4) is 0 Å². The molecule has 0 spiro atoms. The Hall–Kier alpha value is -2.73. The Morgan fingerprint density at radius 1 is 1.23 bits per heavy atom. The van der Waals surface area contributed by atoms with Gasteiger partial charge in [0.25, 0.3) is 0 Å². The molecular weight excluding hydrogens is 357 g/mol. The molecule has 1 aromatic heterocycles. The maximum Gasteiger partial charge on any atom is 0.232 e. The second-order valence-corrected chi connectivity index (χ2v) is 6.74. The summed E-state index contributed by atoms with van der Waals surface area (Å²) < 4.78 is 19.2. The Morgan fingerprint density at radius 2 is 2.00 bits per heavy atom. The van der Waals surface area contributed by atoms with Crippen molar-refractivity contribution in [1.29, 1.82) is 0 Å². The minimum Gasteiger partial charge on any atom is -0.339 e. The fraction of sp³-hybridized carbons (Fsp3) is 0.211. The van der Waals surface area contributed by atoms with E-state index < -0.39 is 0 Å². The fourth-order valence-electron chi connectivity index (χ4n) is 2.99. The summed E-state index contributed by atoms with van der Waals surface area (Å²) in [6.45, 7) is 2.06. The van der Waals surface area contributed by atoms with E-state index >= 15 is 0 Å². The van der Waals surface area contributed by atoms with Crippen molar-refractivity contribution in [2.24, 2.45) is 0 Å². The lowest BCUT2D eigenvalue weighted by atomic mass is 10.1. The molecule has 1 aliphatic heterocycles. The number of benzene rings is 2. The van der Waals surface area contributed by atoms with Gasteiger partial charge in [0, 0.05) is 29.2 Å². The Bertz CT molecular complexity index is 971. The van der Waals surface area contributed by atoms with E-state index in [0.717, 1.165) is 5.56 Å². The van der Waals surface area contributed by atoms with E-state index in [9.17, 15) is 9.18 Å². The predicted octanol–water partition coefficient (Wildman–Crippen LogP) is 4.36. The first kappa shape index (κ1) is 16.7. The Labute approximate surface area is 154 Å². The monoisotopic (exact) mass is 371 g/mol. The number of halogens is 2. The highest BCUT2D eigenvalue weighted by Gasteiger charge is 2.35. The zero-order valence-electron chi connectivity index (χ0n) is 13.9. The number of nitrogens with zero attached hydrogens (tertiary/aromatic N) is 3. The highest BCUT2D eigenvalue weighted by molar-refractivity contribution is 6.30. The van der Waals surface area contributed by atoms with Gasteiger partial charge < -0.3 is 9.42 Å². The van der Waals surface area contributed by atoms with Gasteiger partial charge in [0.2, 0.25) is 17.6 Å². The zero-order chi connectivity index (χ0) is 18.3. The molecule has 4 rings (SSSR count). The fourth-order valence-corrected chi connectivity index (χ4v) is 3.12. The first-order chi connectivity index (χ1) is 12.5. The van der Waals surface area contributed by atoms with Crippen LogP contribution in [-0.4, -0.2) is 22.6 Å². The Balaban J connectivity index is 1.55. The van der Waals surface area contributed by atoms with Crippen molar-refractivity contribution in [2.75, 3.05) is 11.4 Å². The number of carbonyl (C=O) groups is 1. The van der Waals surface area contributed by atoms with Crippen LogP contribution in [0.25, 0.3) is 11.4 Å². The summed E-state index contributed by atoms with van der Waals surface area (Å²) in [5.74, 6) is 0.203. The van der Waals surface area contributed by atoms with Crippen molar-refractivity contribution in [3.05, 3.63) is 64.8 Å². The average molecular weight is 372 g/mol. The minimum atomic E-state index is -0.332. The molecule has 2 heterocycles. The molecule has 0 N–H and O–H groups in total. The number of aryl methyl sites for hydroxylation is 1. The van der Waals surface area contributed by atoms with Gasteiger partial charge in [-0.1, -0.05) is 22.8 Å². The van der Waals surface area contributed by atoms with Crippen LogP contribution in [0.5, 0.6) is 0 Å². The van der Waals surface area contributed by atoms with Crippen LogP contribution in [0.1, 0.15) is 23.8 Å². The molecule has 0 aliphatic carbocycles. The van der Waals surface area contributed by atoms with Crippen LogP contribution in [0, 0.1) is 12.7 Å². The van der Waals surface area contributed by atoms with Gasteiger partial charge in [-0.2, -0.15) is 4.98 Å². The third-order valence-corrected chi connectivity index (χ3v) is 4.74. The van der Waals surface area contributed by atoms with Crippen molar-refractivity contribution in [1.82, 2.24) is 10.1 Å². The normalized spacial score (nSPS) is 17.1. The van der Waals surface area contributed by atoms with E-state index in [-0.39, 0.29) is 24.1 Å². The first-order valence-corrected chi connectivity index (χ1v) is 8.55. The smallest absolute Gasteiger partial charge is 0.232 e. The molecule has 3 aromatic rings. The SMILES string of the molecule is Cc1ccc(N2C[C@H](c3nc(-c4ccc(Cl)cc4)no3)CC2=O)cc1F. The van der Waals surface area contributed by atoms with Crippen LogP contribution < -0.4 is 4.90 Å². The van der Waals surface area contributed by atoms with E-state index in [1.807, 2.05) is 0 Å². The van der Waals surface area contributed by atoms with E-state index in [1.165, 1.54) is 6.07 Å². The molecule has 26 heavy (non-hydrogen) atoms. The van der Waals surface area contributed by atoms with Crippen LogP contribution in [0.2, 0.25) is 5.02 Å². The topological polar surface area (TPSA) is 59.2 Å². The molecule has 1 amide bonds. The first-order valence-electron chi connectivity index (χ1n) is 8.17. The average Bonchev–Trinajstić information content (AvgIpc) is 3.25. The standard InChI is InChI=1S/C19H15ClFN3O2/c1-11-2-7-15(9-16(11)21)24-10-13(8-17(24)25)19-22-18(23-26-19)12-3-5-14(20)6-4-12/h2-7,9,13H,8,10H2,1H3/t13-/m1/s1. The van der Waals surface area contributed by atoms with Crippen LogP contribution in [0.4, 0.5) is 10.1 Å². The molecule has 0 saturated carbocycles. The maximum atomic E-state index is 13.8. The van der Waals surface area contributed by atoms with E-state index in [0.29, 0.717) is 34.5 Å². The van der Waals surface area contributed by atoms with Crippen molar-refractivity contribution in [3.63, 3.8) is 0 Å². The number of hydrogen-bond donors (Lipinski definition) is 0. The molecule has 0 unspecified atom stereocenters. The van der Waals surface area contributed by atoms with Crippen LogP contribution >= 0.6 is 11.6 Å². The van der Waals surface area contributed by atoms with Crippen molar-refractivity contribution >= 4 is 23.2 Å². The summed E-state index contributed by atoms with van der Waals surface area (Å²) in [6, 6.07) is 11.9. The van der Waals surface area contributed by atoms with E-state index in [4.69, 9.17) is 16.1 Å². The zero-order valence-corrected chi connectivity index (χ0v) is 14.7. The summed E-state index contributed by atoms with van der Waals surface area (Å²) in [5.41, 5.74) is 1.87. The van der Waals surface area contributed by atoms with Gasteiger partial charge in [-0.15, -0.1) is 0 Å². The molecule has 1 aliphatic rings. The molecule has 5 nitrogen and oxygen atoms in total. The predicted molar refractivity (Wildman–Crippen MR) is 95.6 cm³/mol. The quantitative estimate of drug-likeness (QED) is 0.686. The molecule has 1 atom stereocenters. The highest BCUT2D eigenvalue weighted by Crippen LogP contribution is 2.32. The van der Waals surface area contributed by atoms with Gasteiger partial charge in [-0.05, 0) is 48.9 Å². The summed E-state index contributed by atoms with van der Waals surface area (Å²) in [6.07, 6.45) is 0.248. The number of aromatic nitrogens is 2. The summed E-state index contributed by atoms with van der Waals surface area (Å²) in [5, 5.41) is 4.62. The van der Waals surface area contributed by atoms with E-state index in [1.54, 1.807) is 48.2 Å². The van der Waals surface area contributed by atoms with Gasteiger partial charge in [0.05, 0.1) is 5.92 Å². The van der Waals surface area contributed by atoms with Crippen molar-refractivity contribution in [2.45, 2.75) is 19.3 Å². The molecule has 132 valence electrons. The molecule has 1 saturated heterocycles.